The van der Waals surface area contributed by atoms with Crippen molar-refractivity contribution in [3.8, 4) is 0 Å². The van der Waals surface area contributed by atoms with Crippen LogP contribution in [0.5, 0.6) is 0 Å². The van der Waals surface area contributed by atoms with Crippen LogP contribution in [0.1, 0.15) is 47.2 Å². The number of aromatic carboxylic acids is 1. The minimum Gasteiger partial charge on any atom is -0.478 e. The lowest BCUT2D eigenvalue weighted by atomic mass is 9.96. The molecule has 3 heteroatoms. The Labute approximate surface area is 103 Å². The molecule has 0 atom stereocenters. The summed E-state index contributed by atoms with van der Waals surface area (Å²) in [5, 5.41) is 9.14. The second-order valence-electron chi connectivity index (χ2n) is 3.95. The molecule has 0 amide bonds. The van der Waals surface area contributed by atoms with Crippen LogP contribution in [0.25, 0.3) is 0 Å². The molecular formula is C12H13IO2. The van der Waals surface area contributed by atoms with Gasteiger partial charge in [-0.3, -0.25) is 0 Å². The van der Waals surface area contributed by atoms with Crippen LogP contribution in [-0.2, 0) is 6.42 Å². The van der Waals surface area contributed by atoms with Gasteiger partial charge in [0.2, 0.25) is 0 Å². The Kier molecular flexibility index (Phi) is 3.00. The Morgan fingerprint density at radius 3 is 2.67 bits per heavy atom. The molecule has 1 aliphatic carbocycles. The first-order chi connectivity index (χ1) is 7.13. The van der Waals surface area contributed by atoms with Gasteiger partial charge in [0.05, 0.1) is 5.56 Å². The molecule has 0 aliphatic heterocycles. The first-order valence-electron chi connectivity index (χ1n) is 5.19. The van der Waals surface area contributed by atoms with Gasteiger partial charge in [0, 0.05) is 3.57 Å². The normalized spacial score (nSPS) is 15.3. The molecular weight excluding hydrogens is 303 g/mol. The lowest BCUT2D eigenvalue weighted by molar-refractivity contribution is 0.0695. The van der Waals surface area contributed by atoms with Crippen LogP contribution in [0.2, 0.25) is 0 Å². The summed E-state index contributed by atoms with van der Waals surface area (Å²) in [6.45, 7) is 2.03. The second kappa shape index (κ2) is 4.12. The first-order valence-corrected chi connectivity index (χ1v) is 6.27. The topological polar surface area (TPSA) is 37.3 Å². The Hall–Kier alpha value is -0.580. The molecule has 0 unspecified atom stereocenters. The number of carbonyl (C=O) groups is 1. The van der Waals surface area contributed by atoms with E-state index in [9.17, 15) is 4.79 Å². The SMILES string of the molecule is CCc1c(C(=O)O)cc(I)cc1C1CC1. The van der Waals surface area contributed by atoms with Crippen molar-refractivity contribution in [2.45, 2.75) is 32.1 Å². The summed E-state index contributed by atoms with van der Waals surface area (Å²) < 4.78 is 1.03. The third kappa shape index (κ3) is 2.17. The summed E-state index contributed by atoms with van der Waals surface area (Å²) in [4.78, 5) is 11.1. The average Bonchev–Trinajstić information content (AvgIpc) is 2.99. The van der Waals surface area contributed by atoms with Crippen LogP contribution in [0.4, 0.5) is 0 Å². The van der Waals surface area contributed by atoms with E-state index < -0.39 is 5.97 Å². The quantitative estimate of drug-likeness (QED) is 0.868. The molecule has 1 aromatic rings. The van der Waals surface area contributed by atoms with Crippen molar-refractivity contribution < 1.29 is 9.90 Å². The van der Waals surface area contributed by atoms with E-state index in [1.807, 2.05) is 6.92 Å². The molecule has 0 radical (unpaired) electrons. The Balaban J connectivity index is 2.57. The molecule has 1 fully saturated rings. The minimum atomic E-state index is -0.799. The molecule has 80 valence electrons. The van der Waals surface area contributed by atoms with Crippen LogP contribution in [0.3, 0.4) is 0 Å². The van der Waals surface area contributed by atoms with Gasteiger partial charge >= 0.3 is 5.97 Å². The van der Waals surface area contributed by atoms with E-state index in [1.54, 1.807) is 6.07 Å². The monoisotopic (exact) mass is 316 g/mol. The van der Waals surface area contributed by atoms with Crippen LogP contribution >= 0.6 is 22.6 Å². The van der Waals surface area contributed by atoms with Crippen LogP contribution in [0, 0.1) is 3.57 Å². The van der Waals surface area contributed by atoms with E-state index in [2.05, 4.69) is 28.7 Å². The van der Waals surface area contributed by atoms with E-state index in [1.165, 1.54) is 18.4 Å². The van der Waals surface area contributed by atoms with Gasteiger partial charge in [-0.1, -0.05) is 6.92 Å². The van der Waals surface area contributed by atoms with Crippen LogP contribution in [0.15, 0.2) is 12.1 Å². The molecule has 2 rings (SSSR count). The third-order valence-electron chi connectivity index (χ3n) is 2.85. The predicted molar refractivity (Wildman–Crippen MR) is 67.5 cm³/mol. The lowest BCUT2D eigenvalue weighted by Crippen LogP contribution is -2.05. The molecule has 0 bridgehead atoms. The summed E-state index contributed by atoms with van der Waals surface area (Å²) >= 11 is 2.20. The van der Waals surface area contributed by atoms with Gasteiger partial charge in [0.15, 0.2) is 0 Å². The molecule has 15 heavy (non-hydrogen) atoms. The van der Waals surface area contributed by atoms with Crippen molar-refractivity contribution in [3.05, 3.63) is 32.4 Å². The summed E-state index contributed by atoms with van der Waals surface area (Å²) in [7, 11) is 0. The van der Waals surface area contributed by atoms with E-state index in [4.69, 9.17) is 5.11 Å². The molecule has 1 aliphatic rings. The third-order valence-corrected chi connectivity index (χ3v) is 3.47. The maximum absolute atomic E-state index is 11.1. The molecule has 1 N–H and O–H groups in total. The zero-order valence-corrected chi connectivity index (χ0v) is 10.7. The molecule has 2 nitrogen and oxygen atoms in total. The molecule has 1 aromatic carbocycles. The summed E-state index contributed by atoms with van der Waals surface area (Å²) in [6.07, 6.45) is 3.24. The highest BCUT2D eigenvalue weighted by molar-refractivity contribution is 14.1. The highest BCUT2D eigenvalue weighted by Gasteiger charge is 2.28. The van der Waals surface area contributed by atoms with Crippen molar-refractivity contribution in [1.82, 2.24) is 0 Å². The van der Waals surface area contributed by atoms with Gasteiger partial charge in [0.1, 0.15) is 0 Å². The number of rotatable bonds is 3. The van der Waals surface area contributed by atoms with Gasteiger partial charge in [-0.15, -0.1) is 0 Å². The zero-order chi connectivity index (χ0) is 11.0. The largest absolute Gasteiger partial charge is 0.478 e. The van der Waals surface area contributed by atoms with Crippen molar-refractivity contribution in [3.63, 3.8) is 0 Å². The maximum Gasteiger partial charge on any atom is 0.336 e. The highest BCUT2D eigenvalue weighted by Crippen LogP contribution is 2.43. The van der Waals surface area contributed by atoms with Gasteiger partial charge in [-0.25, -0.2) is 4.79 Å². The molecule has 1 saturated carbocycles. The van der Waals surface area contributed by atoms with Gasteiger partial charge < -0.3 is 5.11 Å². The molecule has 0 spiro atoms. The first kappa shape index (κ1) is 10.9. The number of carboxylic acids is 1. The van der Waals surface area contributed by atoms with E-state index >= 15 is 0 Å². The van der Waals surface area contributed by atoms with Gasteiger partial charge in [-0.2, -0.15) is 0 Å². The standard InChI is InChI=1S/C12H13IO2/c1-2-9-10(7-3-4-7)5-8(13)6-11(9)12(14)15/h5-7H,2-4H2,1H3,(H,14,15). The van der Waals surface area contributed by atoms with Gasteiger partial charge in [0.25, 0.3) is 0 Å². The molecule has 0 aromatic heterocycles. The van der Waals surface area contributed by atoms with Gasteiger partial charge in [-0.05, 0) is 71.0 Å². The molecule has 0 saturated heterocycles. The van der Waals surface area contributed by atoms with Crippen molar-refractivity contribution in [1.29, 1.82) is 0 Å². The van der Waals surface area contributed by atoms with E-state index in [0.29, 0.717) is 11.5 Å². The predicted octanol–water partition coefficient (Wildman–Crippen LogP) is 3.43. The molecule has 0 heterocycles. The smallest absolute Gasteiger partial charge is 0.336 e. The summed E-state index contributed by atoms with van der Waals surface area (Å²) in [5.74, 6) is -0.181. The zero-order valence-electron chi connectivity index (χ0n) is 8.59. The van der Waals surface area contributed by atoms with Crippen LogP contribution in [-0.4, -0.2) is 11.1 Å². The lowest BCUT2D eigenvalue weighted by Gasteiger charge is -2.11. The van der Waals surface area contributed by atoms with Crippen molar-refractivity contribution >= 4 is 28.6 Å². The number of hydrogen-bond donors (Lipinski definition) is 1. The highest BCUT2D eigenvalue weighted by atomic mass is 127. The van der Waals surface area contributed by atoms with Crippen LogP contribution < -0.4 is 0 Å². The Morgan fingerprint density at radius 1 is 1.53 bits per heavy atom. The van der Waals surface area contributed by atoms with Crippen molar-refractivity contribution in [2.24, 2.45) is 0 Å². The number of benzene rings is 1. The maximum atomic E-state index is 11.1. The number of carboxylic acid groups (broad SMARTS) is 1. The Morgan fingerprint density at radius 2 is 2.20 bits per heavy atom. The van der Waals surface area contributed by atoms with E-state index in [-0.39, 0.29) is 0 Å². The fraction of sp³-hybridized carbons (Fsp3) is 0.417. The summed E-state index contributed by atoms with van der Waals surface area (Å²) in [6, 6.07) is 3.91. The summed E-state index contributed by atoms with van der Waals surface area (Å²) in [5.41, 5.74) is 2.79. The number of hydrogen-bond acceptors (Lipinski definition) is 1. The fourth-order valence-electron chi connectivity index (χ4n) is 2.00. The fourth-order valence-corrected chi connectivity index (χ4v) is 2.65. The average molecular weight is 316 g/mol. The van der Waals surface area contributed by atoms with E-state index in [0.717, 1.165) is 15.6 Å². The minimum absolute atomic E-state index is 0.492. The number of halogens is 1. The second-order valence-corrected chi connectivity index (χ2v) is 5.20. The Bertz CT molecular complexity index is 408. The van der Waals surface area contributed by atoms with Crippen molar-refractivity contribution in [2.75, 3.05) is 0 Å².